The van der Waals surface area contributed by atoms with E-state index in [4.69, 9.17) is 4.74 Å². The third-order valence-corrected chi connectivity index (χ3v) is 3.65. The van der Waals surface area contributed by atoms with Crippen molar-refractivity contribution >= 4 is 11.9 Å². The van der Waals surface area contributed by atoms with Gasteiger partial charge in [-0.25, -0.2) is 0 Å². The van der Waals surface area contributed by atoms with Gasteiger partial charge in [0.05, 0.1) is 6.61 Å². The maximum absolute atomic E-state index is 11.8. The average molecular weight is 284 g/mol. The van der Waals surface area contributed by atoms with Gasteiger partial charge in [0, 0.05) is 31.5 Å². The minimum Gasteiger partial charge on any atom is -0.466 e. The van der Waals surface area contributed by atoms with E-state index in [-0.39, 0.29) is 23.8 Å². The van der Waals surface area contributed by atoms with E-state index < -0.39 is 0 Å². The van der Waals surface area contributed by atoms with Crippen LogP contribution in [0.2, 0.25) is 0 Å². The van der Waals surface area contributed by atoms with E-state index in [1.165, 1.54) is 0 Å². The number of likely N-dealkylation sites (tertiary alicyclic amines) is 1. The molecule has 1 fully saturated rings. The van der Waals surface area contributed by atoms with Crippen molar-refractivity contribution < 1.29 is 14.3 Å². The van der Waals surface area contributed by atoms with E-state index in [1.807, 2.05) is 20.8 Å². The summed E-state index contributed by atoms with van der Waals surface area (Å²) < 4.78 is 4.96. The zero-order chi connectivity index (χ0) is 15.1. The second-order valence-corrected chi connectivity index (χ2v) is 6.03. The monoisotopic (exact) mass is 284 g/mol. The molecule has 1 amide bonds. The second kappa shape index (κ2) is 8.25. The van der Waals surface area contributed by atoms with E-state index in [0.717, 1.165) is 25.9 Å². The topological polar surface area (TPSA) is 58.6 Å². The lowest BCUT2D eigenvalue weighted by Gasteiger charge is -2.36. The second-order valence-electron chi connectivity index (χ2n) is 6.03. The normalized spacial score (nSPS) is 23.6. The number of likely N-dealkylation sites (N-methyl/N-ethyl adjacent to an activating group) is 1. The van der Waals surface area contributed by atoms with Gasteiger partial charge in [0.15, 0.2) is 0 Å². The lowest BCUT2D eigenvalue weighted by atomic mass is 9.90. The van der Waals surface area contributed by atoms with E-state index in [9.17, 15) is 9.59 Å². The fourth-order valence-electron chi connectivity index (χ4n) is 2.68. The molecule has 0 aromatic rings. The van der Waals surface area contributed by atoms with Gasteiger partial charge in [-0.3, -0.25) is 9.59 Å². The Hall–Kier alpha value is -1.10. The highest BCUT2D eigenvalue weighted by Crippen LogP contribution is 2.21. The molecule has 0 aromatic carbocycles. The van der Waals surface area contributed by atoms with Gasteiger partial charge in [-0.1, -0.05) is 13.8 Å². The van der Waals surface area contributed by atoms with Gasteiger partial charge < -0.3 is 15.0 Å². The predicted octanol–water partition coefficient (Wildman–Crippen LogP) is 1.42. The van der Waals surface area contributed by atoms with Crippen LogP contribution in [0.1, 0.15) is 40.0 Å². The summed E-state index contributed by atoms with van der Waals surface area (Å²) in [6.45, 7) is 7.93. The molecule has 0 bridgehead atoms. The van der Waals surface area contributed by atoms with Crippen LogP contribution in [0.3, 0.4) is 0 Å². The molecule has 1 heterocycles. The van der Waals surface area contributed by atoms with E-state index in [0.29, 0.717) is 18.9 Å². The van der Waals surface area contributed by atoms with E-state index in [2.05, 4.69) is 17.3 Å². The first-order valence-corrected chi connectivity index (χ1v) is 7.56. The number of hydrogen-bond donors (Lipinski definition) is 1. The van der Waals surface area contributed by atoms with Crippen LogP contribution in [0.5, 0.6) is 0 Å². The van der Waals surface area contributed by atoms with Crippen molar-refractivity contribution in [2.45, 2.75) is 46.1 Å². The fraction of sp³-hybridized carbons (Fsp3) is 0.867. The zero-order valence-electron chi connectivity index (χ0n) is 13.1. The summed E-state index contributed by atoms with van der Waals surface area (Å²) >= 11 is 0. The molecule has 5 nitrogen and oxygen atoms in total. The molecule has 1 rings (SSSR count). The Morgan fingerprint density at radius 3 is 2.65 bits per heavy atom. The molecular weight excluding hydrogens is 256 g/mol. The quantitative estimate of drug-likeness (QED) is 0.750. The zero-order valence-corrected chi connectivity index (χ0v) is 13.1. The minimum absolute atomic E-state index is 0.0141. The maximum Gasteiger partial charge on any atom is 0.305 e. The van der Waals surface area contributed by atoms with Crippen LogP contribution in [0.15, 0.2) is 0 Å². The van der Waals surface area contributed by atoms with Crippen LogP contribution in [0, 0.1) is 11.8 Å². The molecule has 5 heteroatoms. The molecule has 1 N–H and O–H groups in total. The number of nitrogens with zero attached hydrogens (tertiary/aromatic N) is 1. The van der Waals surface area contributed by atoms with Gasteiger partial charge in [0.2, 0.25) is 5.91 Å². The standard InChI is InChI=1S/C15H28N2O3/c1-5-20-14(18)7-6-12-8-13(10-17(4)9-12)16-15(19)11(2)3/h11-13H,5-10H2,1-4H3,(H,16,19). The van der Waals surface area contributed by atoms with Crippen LogP contribution in [0.4, 0.5) is 0 Å². The maximum atomic E-state index is 11.8. The largest absolute Gasteiger partial charge is 0.466 e. The molecule has 2 unspecified atom stereocenters. The summed E-state index contributed by atoms with van der Waals surface area (Å²) in [6.07, 6.45) is 2.25. The molecule has 20 heavy (non-hydrogen) atoms. The molecule has 0 radical (unpaired) electrons. The predicted molar refractivity (Wildman–Crippen MR) is 78.2 cm³/mol. The summed E-state index contributed by atoms with van der Waals surface area (Å²) in [5.41, 5.74) is 0. The van der Waals surface area contributed by atoms with E-state index in [1.54, 1.807) is 0 Å². The van der Waals surface area contributed by atoms with Crippen LogP contribution in [-0.2, 0) is 14.3 Å². The van der Waals surface area contributed by atoms with Crippen LogP contribution < -0.4 is 5.32 Å². The van der Waals surface area contributed by atoms with Crippen molar-refractivity contribution in [2.24, 2.45) is 11.8 Å². The van der Waals surface area contributed by atoms with Crippen molar-refractivity contribution in [3.8, 4) is 0 Å². The number of esters is 1. The van der Waals surface area contributed by atoms with Gasteiger partial charge in [-0.05, 0) is 32.7 Å². The van der Waals surface area contributed by atoms with Gasteiger partial charge in [-0.15, -0.1) is 0 Å². The van der Waals surface area contributed by atoms with Gasteiger partial charge in [0.1, 0.15) is 0 Å². The van der Waals surface area contributed by atoms with E-state index >= 15 is 0 Å². The molecule has 1 aliphatic rings. The first-order chi connectivity index (χ1) is 9.42. The molecule has 0 spiro atoms. The summed E-state index contributed by atoms with van der Waals surface area (Å²) in [5, 5.41) is 3.09. The third kappa shape index (κ3) is 5.90. The molecule has 0 saturated carbocycles. The first kappa shape index (κ1) is 17.0. The number of carbonyl (C=O) groups excluding carboxylic acids is 2. The molecule has 1 aliphatic heterocycles. The number of rotatable bonds is 6. The van der Waals surface area contributed by atoms with Crippen LogP contribution in [0.25, 0.3) is 0 Å². The summed E-state index contributed by atoms with van der Waals surface area (Å²) in [5.74, 6) is 0.439. The Kier molecular flexibility index (Phi) is 6.99. The number of amides is 1. The fourth-order valence-corrected chi connectivity index (χ4v) is 2.68. The highest BCUT2D eigenvalue weighted by atomic mass is 16.5. The molecule has 116 valence electrons. The number of hydrogen-bond acceptors (Lipinski definition) is 4. The molecule has 0 aliphatic carbocycles. The highest BCUT2D eigenvalue weighted by molar-refractivity contribution is 5.78. The van der Waals surface area contributed by atoms with Crippen LogP contribution in [-0.4, -0.2) is 49.6 Å². The molecule has 2 atom stereocenters. The smallest absolute Gasteiger partial charge is 0.305 e. The minimum atomic E-state index is -0.122. The van der Waals surface area contributed by atoms with Crippen molar-refractivity contribution in [2.75, 3.05) is 26.7 Å². The SMILES string of the molecule is CCOC(=O)CCC1CC(NC(=O)C(C)C)CN(C)C1. The first-order valence-electron chi connectivity index (χ1n) is 7.56. The number of nitrogens with one attached hydrogen (secondary N) is 1. The third-order valence-electron chi connectivity index (χ3n) is 3.65. The Morgan fingerprint density at radius 2 is 2.05 bits per heavy atom. The Balaban J connectivity index is 2.41. The highest BCUT2D eigenvalue weighted by Gasteiger charge is 2.27. The van der Waals surface area contributed by atoms with Crippen molar-refractivity contribution in [3.05, 3.63) is 0 Å². The van der Waals surface area contributed by atoms with Gasteiger partial charge in [0.25, 0.3) is 0 Å². The molecule has 0 aromatic heterocycles. The lowest BCUT2D eigenvalue weighted by Crippen LogP contribution is -2.50. The Bertz CT molecular complexity index is 331. The van der Waals surface area contributed by atoms with Gasteiger partial charge in [-0.2, -0.15) is 0 Å². The number of ether oxygens (including phenoxy) is 1. The van der Waals surface area contributed by atoms with Gasteiger partial charge >= 0.3 is 5.97 Å². The van der Waals surface area contributed by atoms with Crippen molar-refractivity contribution in [3.63, 3.8) is 0 Å². The molecule has 1 saturated heterocycles. The van der Waals surface area contributed by atoms with Crippen LogP contribution >= 0.6 is 0 Å². The summed E-state index contributed by atoms with van der Waals surface area (Å²) in [4.78, 5) is 25.4. The number of piperidine rings is 1. The van der Waals surface area contributed by atoms with Crippen molar-refractivity contribution in [1.82, 2.24) is 10.2 Å². The summed E-state index contributed by atoms with van der Waals surface area (Å²) in [6, 6.07) is 0.191. The Morgan fingerprint density at radius 1 is 1.35 bits per heavy atom. The van der Waals surface area contributed by atoms with Crippen molar-refractivity contribution in [1.29, 1.82) is 0 Å². The average Bonchev–Trinajstić information content (AvgIpc) is 2.36. The summed E-state index contributed by atoms with van der Waals surface area (Å²) in [7, 11) is 2.06. The number of carbonyl (C=O) groups is 2. The molecular formula is C15H28N2O3. The lowest BCUT2D eigenvalue weighted by molar-refractivity contribution is -0.143. The Labute approximate surface area is 122 Å².